The number of nitrogens with zero attached hydrogens (tertiary/aromatic N) is 1. The average Bonchev–Trinajstić information content (AvgIpc) is 2.46. The number of pyridine rings is 1. The summed E-state index contributed by atoms with van der Waals surface area (Å²) in [5, 5.41) is 13.2. The second-order valence-electron chi connectivity index (χ2n) is 5.77. The van der Waals surface area contributed by atoms with E-state index < -0.39 is 0 Å². The average molecular weight is 279 g/mol. The Morgan fingerprint density at radius 2 is 2.15 bits per heavy atom. The van der Waals surface area contributed by atoms with Gasteiger partial charge in [-0.3, -0.25) is 0 Å². The molecule has 0 aromatic carbocycles. The molecule has 1 aliphatic rings. The highest BCUT2D eigenvalue weighted by Gasteiger charge is 2.33. The van der Waals surface area contributed by atoms with Crippen LogP contribution >= 0.6 is 0 Å². The molecule has 1 saturated carbocycles. The van der Waals surface area contributed by atoms with Crippen molar-refractivity contribution >= 4 is 11.5 Å². The zero-order valence-corrected chi connectivity index (χ0v) is 12.4. The Morgan fingerprint density at radius 1 is 1.45 bits per heavy atom. The van der Waals surface area contributed by atoms with Crippen LogP contribution in [-0.2, 0) is 0 Å². The molecule has 1 aromatic heterocycles. The number of aromatic nitrogens is 1. The standard InChI is InChI=1S/C15H25N3O2/c1-3-20-14-12(16)4-5-13(17-14)18-15(10-19)8-6-11(2)7-9-15/h4-5,11,19H,3,6-10,16H2,1-2H3,(H,17,18). The van der Waals surface area contributed by atoms with Gasteiger partial charge in [0.25, 0.3) is 0 Å². The normalized spacial score (nSPS) is 26.2. The zero-order chi connectivity index (χ0) is 14.6. The van der Waals surface area contributed by atoms with Gasteiger partial charge in [-0.05, 0) is 50.7 Å². The van der Waals surface area contributed by atoms with E-state index in [1.54, 1.807) is 6.07 Å². The predicted molar refractivity (Wildman–Crippen MR) is 80.9 cm³/mol. The third-order valence-corrected chi connectivity index (χ3v) is 4.10. The molecule has 0 aliphatic heterocycles. The van der Waals surface area contributed by atoms with E-state index in [4.69, 9.17) is 10.5 Å². The van der Waals surface area contributed by atoms with Crippen molar-refractivity contribution in [2.75, 3.05) is 24.3 Å². The second-order valence-corrected chi connectivity index (χ2v) is 5.77. The van der Waals surface area contributed by atoms with E-state index in [9.17, 15) is 5.11 Å². The van der Waals surface area contributed by atoms with Crippen molar-refractivity contribution in [2.45, 2.75) is 45.1 Å². The number of hydrogen-bond donors (Lipinski definition) is 3. The quantitative estimate of drug-likeness (QED) is 0.771. The Balaban J connectivity index is 2.13. The first kappa shape index (κ1) is 14.9. The molecular weight excluding hydrogens is 254 g/mol. The summed E-state index contributed by atoms with van der Waals surface area (Å²) in [5.41, 5.74) is 6.10. The summed E-state index contributed by atoms with van der Waals surface area (Å²) in [6.07, 6.45) is 4.17. The van der Waals surface area contributed by atoms with Crippen LogP contribution in [0, 0.1) is 5.92 Å². The number of anilines is 2. The molecule has 0 amide bonds. The summed E-state index contributed by atoms with van der Waals surface area (Å²) in [6.45, 7) is 4.81. The van der Waals surface area contributed by atoms with Crippen molar-refractivity contribution in [1.29, 1.82) is 0 Å². The molecule has 4 N–H and O–H groups in total. The van der Waals surface area contributed by atoms with Crippen LogP contribution in [0.5, 0.6) is 5.88 Å². The minimum atomic E-state index is -0.265. The summed E-state index contributed by atoms with van der Waals surface area (Å²) in [4.78, 5) is 4.40. The maximum absolute atomic E-state index is 9.77. The summed E-state index contributed by atoms with van der Waals surface area (Å²) < 4.78 is 5.41. The molecule has 0 atom stereocenters. The predicted octanol–water partition coefficient (Wildman–Crippen LogP) is 2.42. The van der Waals surface area contributed by atoms with Gasteiger partial charge in [0.1, 0.15) is 5.82 Å². The van der Waals surface area contributed by atoms with Gasteiger partial charge >= 0.3 is 0 Å². The number of rotatable bonds is 5. The van der Waals surface area contributed by atoms with E-state index in [2.05, 4.69) is 17.2 Å². The van der Waals surface area contributed by atoms with Crippen LogP contribution in [0.1, 0.15) is 39.5 Å². The molecule has 112 valence electrons. The molecule has 0 spiro atoms. The lowest BCUT2D eigenvalue weighted by atomic mass is 9.77. The zero-order valence-electron chi connectivity index (χ0n) is 12.4. The van der Waals surface area contributed by atoms with Crippen molar-refractivity contribution in [3.63, 3.8) is 0 Å². The van der Waals surface area contributed by atoms with Crippen molar-refractivity contribution in [3.8, 4) is 5.88 Å². The number of aliphatic hydroxyl groups is 1. The molecule has 2 rings (SSSR count). The van der Waals surface area contributed by atoms with Crippen LogP contribution in [-0.4, -0.2) is 28.8 Å². The van der Waals surface area contributed by atoms with Gasteiger partial charge in [0, 0.05) is 0 Å². The molecule has 0 radical (unpaired) electrons. The van der Waals surface area contributed by atoms with Crippen molar-refractivity contribution in [3.05, 3.63) is 12.1 Å². The van der Waals surface area contributed by atoms with E-state index in [1.807, 2.05) is 13.0 Å². The molecule has 1 aromatic rings. The van der Waals surface area contributed by atoms with Gasteiger partial charge < -0.3 is 20.9 Å². The van der Waals surface area contributed by atoms with E-state index in [-0.39, 0.29) is 12.1 Å². The molecule has 5 nitrogen and oxygen atoms in total. The van der Waals surface area contributed by atoms with E-state index >= 15 is 0 Å². The van der Waals surface area contributed by atoms with E-state index in [1.165, 1.54) is 0 Å². The third-order valence-electron chi connectivity index (χ3n) is 4.10. The minimum Gasteiger partial charge on any atom is -0.476 e. The second kappa shape index (κ2) is 6.31. The number of nitrogens with one attached hydrogen (secondary N) is 1. The maximum Gasteiger partial charge on any atom is 0.239 e. The summed E-state index contributed by atoms with van der Waals surface area (Å²) in [5.74, 6) is 1.90. The van der Waals surface area contributed by atoms with Crippen LogP contribution in [0.3, 0.4) is 0 Å². The highest BCUT2D eigenvalue weighted by molar-refractivity contribution is 5.54. The molecule has 0 unspecified atom stereocenters. The lowest BCUT2D eigenvalue weighted by molar-refractivity contribution is 0.155. The first-order chi connectivity index (χ1) is 9.58. The molecule has 5 heteroatoms. The van der Waals surface area contributed by atoms with Gasteiger partial charge in [-0.25, -0.2) is 0 Å². The molecular formula is C15H25N3O2. The van der Waals surface area contributed by atoms with Crippen LogP contribution in [0.15, 0.2) is 12.1 Å². The fourth-order valence-electron chi connectivity index (χ4n) is 2.68. The Labute approximate surface area is 120 Å². The van der Waals surface area contributed by atoms with Gasteiger partial charge in [-0.15, -0.1) is 0 Å². The van der Waals surface area contributed by atoms with E-state index in [0.29, 0.717) is 24.0 Å². The van der Waals surface area contributed by atoms with Gasteiger partial charge in [0.15, 0.2) is 0 Å². The maximum atomic E-state index is 9.77. The van der Waals surface area contributed by atoms with Gasteiger partial charge in [-0.2, -0.15) is 4.98 Å². The number of nitrogen functional groups attached to an aromatic ring is 1. The van der Waals surface area contributed by atoms with Crippen LogP contribution in [0.25, 0.3) is 0 Å². The summed E-state index contributed by atoms with van der Waals surface area (Å²) in [6, 6.07) is 3.63. The molecule has 1 heterocycles. The Morgan fingerprint density at radius 3 is 2.75 bits per heavy atom. The van der Waals surface area contributed by atoms with Gasteiger partial charge in [0.2, 0.25) is 5.88 Å². The minimum absolute atomic E-state index is 0.121. The van der Waals surface area contributed by atoms with Crippen LogP contribution in [0.2, 0.25) is 0 Å². The molecule has 1 fully saturated rings. The molecule has 20 heavy (non-hydrogen) atoms. The fourth-order valence-corrected chi connectivity index (χ4v) is 2.68. The lowest BCUT2D eigenvalue weighted by Gasteiger charge is -2.39. The fraction of sp³-hybridized carbons (Fsp3) is 0.667. The van der Waals surface area contributed by atoms with Crippen molar-refractivity contribution < 1.29 is 9.84 Å². The number of hydrogen-bond acceptors (Lipinski definition) is 5. The molecule has 0 saturated heterocycles. The van der Waals surface area contributed by atoms with Gasteiger partial charge in [0.05, 0.1) is 24.4 Å². The van der Waals surface area contributed by atoms with Crippen LogP contribution in [0.4, 0.5) is 11.5 Å². The SMILES string of the molecule is CCOc1nc(NC2(CO)CCC(C)CC2)ccc1N. The van der Waals surface area contributed by atoms with Crippen molar-refractivity contribution in [1.82, 2.24) is 4.98 Å². The highest BCUT2D eigenvalue weighted by atomic mass is 16.5. The number of nitrogens with two attached hydrogens (primary N) is 1. The third kappa shape index (κ3) is 3.33. The number of ether oxygens (including phenoxy) is 1. The van der Waals surface area contributed by atoms with Crippen molar-refractivity contribution in [2.24, 2.45) is 5.92 Å². The molecule has 1 aliphatic carbocycles. The largest absolute Gasteiger partial charge is 0.476 e. The van der Waals surface area contributed by atoms with Crippen LogP contribution < -0.4 is 15.8 Å². The first-order valence-electron chi connectivity index (χ1n) is 7.37. The Kier molecular flexibility index (Phi) is 4.70. The monoisotopic (exact) mass is 279 g/mol. The Hall–Kier alpha value is -1.49. The summed E-state index contributed by atoms with van der Waals surface area (Å²) >= 11 is 0. The topological polar surface area (TPSA) is 80.4 Å². The highest BCUT2D eigenvalue weighted by Crippen LogP contribution is 2.34. The van der Waals surface area contributed by atoms with Gasteiger partial charge in [-0.1, -0.05) is 6.92 Å². The first-order valence-corrected chi connectivity index (χ1v) is 7.37. The number of aliphatic hydroxyl groups excluding tert-OH is 1. The summed E-state index contributed by atoms with van der Waals surface area (Å²) in [7, 11) is 0. The molecule has 0 bridgehead atoms. The lowest BCUT2D eigenvalue weighted by Crippen LogP contribution is -2.45. The Bertz CT molecular complexity index is 443. The smallest absolute Gasteiger partial charge is 0.239 e. The van der Waals surface area contributed by atoms with E-state index in [0.717, 1.165) is 31.6 Å².